The average Bonchev–Trinajstić information content (AvgIpc) is 1.19. The largest absolute Gasteiger partial charge is 1.00 e. The van der Waals surface area contributed by atoms with Gasteiger partial charge in [0.15, 0.2) is 0 Å². The molecule has 0 aliphatic carbocycles. The smallest absolute Gasteiger partial charge is 0.726 e. The zero-order chi connectivity index (χ0) is 8.08. The van der Waals surface area contributed by atoms with E-state index in [1.54, 1.807) is 0 Å². The summed E-state index contributed by atoms with van der Waals surface area (Å²) in [7, 11) is -4.92. The molecule has 0 atom stereocenters. The Kier molecular flexibility index (Phi) is 11.6. The van der Waals surface area contributed by atoms with E-state index >= 15 is 0 Å². The zero-order valence-electron chi connectivity index (χ0n) is 5.44. The molecule has 0 amide bonds. The molecule has 0 aliphatic heterocycles. The third-order valence-corrected chi connectivity index (χ3v) is 0. The fourth-order valence-corrected chi connectivity index (χ4v) is 0. The van der Waals surface area contributed by atoms with Crippen molar-refractivity contribution in [2.24, 2.45) is 0 Å². The summed E-state index contributed by atoms with van der Waals surface area (Å²) < 4.78 is 32.8. The summed E-state index contributed by atoms with van der Waals surface area (Å²) in [5, 5.41) is 7.42. The van der Waals surface area contributed by atoms with E-state index in [0.29, 0.717) is 0 Å². The molecule has 0 heterocycles. The first kappa shape index (κ1) is 16.5. The van der Waals surface area contributed by atoms with Gasteiger partial charge in [-0.1, -0.05) is 0 Å². The van der Waals surface area contributed by atoms with Crippen LogP contribution in [-0.4, -0.2) is 28.6 Å². The van der Waals surface area contributed by atoms with Crippen molar-refractivity contribution in [3.05, 3.63) is 0 Å². The van der Waals surface area contributed by atoms with Crippen molar-refractivity contribution in [1.29, 1.82) is 0 Å². The van der Waals surface area contributed by atoms with Crippen LogP contribution in [0.25, 0.3) is 0 Å². The van der Waals surface area contributed by atoms with Gasteiger partial charge in [-0.05, 0) is 0 Å². The van der Waals surface area contributed by atoms with Gasteiger partial charge in [-0.2, -0.15) is 0 Å². The minimum Gasteiger partial charge on any atom is -0.726 e. The maximum atomic E-state index is 9.00. The van der Waals surface area contributed by atoms with Gasteiger partial charge in [-0.3, -0.25) is 9.35 Å². The molecule has 0 fully saturated rings. The maximum Gasteiger partial charge on any atom is 1.00 e. The van der Waals surface area contributed by atoms with E-state index in [-0.39, 0.29) is 18.9 Å². The van der Waals surface area contributed by atoms with Gasteiger partial charge >= 0.3 is 18.9 Å². The summed E-state index contributed by atoms with van der Waals surface area (Å²) in [6.07, 6.45) is 0. The summed E-state index contributed by atoms with van der Waals surface area (Å²) in [5.74, 6) is -0.833. The second-order valence-corrected chi connectivity index (χ2v) is 1.80. The van der Waals surface area contributed by atoms with Crippen LogP contribution in [0.1, 0.15) is 6.92 Å². The van der Waals surface area contributed by atoms with E-state index in [1.165, 1.54) is 0 Å². The molecular weight excluding hydrogens is 159 g/mol. The van der Waals surface area contributed by atoms with E-state index in [0.717, 1.165) is 6.92 Å². The molecule has 2 N–H and O–H groups in total. The topological polar surface area (TPSA) is 115 Å². The van der Waals surface area contributed by atoms with Gasteiger partial charge in [0.05, 0.1) is 0 Å². The summed E-state index contributed by atoms with van der Waals surface area (Å²) in [5.41, 5.74) is 0. The Balaban J connectivity index is -0.0000000910. The molecule has 8 heteroatoms. The normalized spacial score (nSPS) is 8.30. The Morgan fingerprint density at radius 3 is 1.50 bits per heavy atom. The molecule has 0 aromatic carbocycles. The van der Waals surface area contributed by atoms with Crippen molar-refractivity contribution in [3.8, 4) is 0 Å². The Hall–Kier alpha value is -0.0626. The van der Waals surface area contributed by atoms with Crippen molar-refractivity contribution in [1.82, 2.24) is 0 Å². The number of rotatable bonds is 0. The molecule has 0 aromatic rings. The van der Waals surface area contributed by atoms with Crippen LogP contribution in [0, 0.1) is 0 Å². The molecule has 0 bridgehead atoms. The molecule has 0 spiro atoms. The second-order valence-electron chi connectivity index (χ2n) is 0.947. The maximum absolute atomic E-state index is 9.00. The van der Waals surface area contributed by atoms with Gasteiger partial charge in [0.1, 0.15) is 0 Å². The Bertz CT molecular complexity index is 158. The van der Waals surface area contributed by atoms with Gasteiger partial charge in [0.2, 0.25) is 10.4 Å². The van der Waals surface area contributed by atoms with Crippen LogP contribution < -0.4 is 18.9 Å². The van der Waals surface area contributed by atoms with Crippen molar-refractivity contribution in [2.45, 2.75) is 6.92 Å². The Labute approximate surface area is 70.0 Å². The number of carboxylic acids is 1. The van der Waals surface area contributed by atoms with Gasteiger partial charge in [-0.15, -0.1) is 0 Å². The molecule has 0 unspecified atom stereocenters. The number of aliphatic carboxylic acids is 1. The molecule has 0 saturated heterocycles. The Morgan fingerprint density at radius 1 is 1.50 bits per heavy atom. The number of hydrogen-bond acceptors (Lipinski definition) is 4. The van der Waals surface area contributed by atoms with Crippen molar-refractivity contribution in [2.75, 3.05) is 0 Å². The third kappa shape index (κ3) is 97500. The first-order valence-electron chi connectivity index (χ1n) is 1.61. The molecule has 0 aliphatic rings. The van der Waals surface area contributed by atoms with Crippen LogP contribution in [0.4, 0.5) is 0 Å². The van der Waals surface area contributed by atoms with Gasteiger partial charge in [-0.25, -0.2) is 8.42 Å². The minimum absolute atomic E-state index is 0. The molecule has 0 aromatic heterocycles. The SMILES string of the molecule is CC(=O)O.O=S(=O)([O-])O.[Li+]. The molecule has 0 rings (SSSR count). The molecule has 0 saturated carbocycles. The molecule has 6 nitrogen and oxygen atoms in total. The summed E-state index contributed by atoms with van der Waals surface area (Å²) in [4.78, 5) is 9.00. The number of carboxylic acid groups (broad SMARTS) is 1. The van der Waals surface area contributed by atoms with Gasteiger partial charge in [0, 0.05) is 6.92 Å². The van der Waals surface area contributed by atoms with Crippen LogP contribution in [0.15, 0.2) is 0 Å². The van der Waals surface area contributed by atoms with Crippen LogP contribution >= 0.6 is 0 Å². The van der Waals surface area contributed by atoms with Crippen molar-refractivity contribution >= 4 is 16.4 Å². The molecule has 0 radical (unpaired) electrons. The molecule has 10 heavy (non-hydrogen) atoms. The minimum atomic E-state index is -4.92. The molecule has 56 valence electrons. The standard InChI is InChI=1S/C2H4O2.Li.H2O4S/c1-2(3)4;;1-5(2,3)4/h1H3,(H,3,4);;(H2,1,2,3,4)/q;+1;/p-1. The van der Waals surface area contributed by atoms with Crippen molar-refractivity contribution < 1.29 is 46.3 Å². The summed E-state index contributed by atoms with van der Waals surface area (Å²) in [6.45, 7) is 1.08. The van der Waals surface area contributed by atoms with Gasteiger partial charge in [0.25, 0.3) is 5.97 Å². The Morgan fingerprint density at radius 2 is 1.50 bits per heavy atom. The third-order valence-electron chi connectivity index (χ3n) is 0. The van der Waals surface area contributed by atoms with E-state index < -0.39 is 16.4 Å². The van der Waals surface area contributed by atoms with E-state index in [9.17, 15) is 0 Å². The molecular formula is C2H5LiO6S. The fraction of sp³-hybridized carbons (Fsp3) is 0.500. The van der Waals surface area contributed by atoms with Crippen LogP contribution in [0.2, 0.25) is 0 Å². The first-order valence-corrected chi connectivity index (χ1v) is 2.98. The predicted molar refractivity (Wildman–Crippen MR) is 25.6 cm³/mol. The van der Waals surface area contributed by atoms with E-state index in [1.807, 2.05) is 0 Å². The van der Waals surface area contributed by atoms with E-state index in [4.69, 9.17) is 27.4 Å². The number of carbonyl (C=O) groups is 1. The summed E-state index contributed by atoms with van der Waals surface area (Å²) >= 11 is 0. The van der Waals surface area contributed by atoms with Crippen molar-refractivity contribution in [3.63, 3.8) is 0 Å². The monoisotopic (exact) mass is 164 g/mol. The van der Waals surface area contributed by atoms with Crippen LogP contribution in [0.5, 0.6) is 0 Å². The number of hydrogen-bond donors (Lipinski definition) is 2. The average molecular weight is 164 g/mol. The first-order chi connectivity index (χ1) is 3.73. The van der Waals surface area contributed by atoms with E-state index in [2.05, 4.69) is 0 Å². The zero-order valence-corrected chi connectivity index (χ0v) is 6.25. The quantitative estimate of drug-likeness (QED) is 0.215. The second kappa shape index (κ2) is 7.05. The fourth-order valence-electron chi connectivity index (χ4n) is 0. The van der Waals surface area contributed by atoms with Crippen LogP contribution in [0.3, 0.4) is 0 Å². The summed E-state index contributed by atoms with van der Waals surface area (Å²) in [6, 6.07) is 0. The predicted octanol–water partition coefficient (Wildman–Crippen LogP) is -3.90. The van der Waals surface area contributed by atoms with Gasteiger partial charge < -0.3 is 9.66 Å². The van der Waals surface area contributed by atoms with Crippen LogP contribution in [-0.2, 0) is 15.2 Å².